The number of benzene rings is 1. The number of hydrogen-bond acceptors (Lipinski definition) is 3. The fraction of sp³-hybridized carbons (Fsp3) is 0.692. The maximum absolute atomic E-state index is 4.58. The van der Waals surface area contributed by atoms with Gasteiger partial charge in [-0.15, -0.1) is 10.2 Å². The van der Waals surface area contributed by atoms with E-state index in [0.29, 0.717) is 5.92 Å². The van der Waals surface area contributed by atoms with E-state index in [4.69, 9.17) is 0 Å². The lowest BCUT2D eigenvalue weighted by Crippen LogP contribution is -1.96. The summed E-state index contributed by atoms with van der Waals surface area (Å²) in [7, 11) is 0. The summed E-state index contributed by atoms with van der Waals surface area (Å²) < 4.78 is 0. The van der Waals surface area contributed by atoms with E-state index < -0.39 is 0 Å². The first kappa shape index (κ1) is 22.5. The molecule has 0 N–H and O–H groups in total. The zero-order valence-corrected chi connectivity index (χ0v) is 19.5. The van der Waals surface area contributed by atoms with Crippen molar-refractivity contribution in [2.45, 2.75) is 110 Å². The van der Waals surface area contributed by atoms with E-state index in [-0.39, 0.29) is 0 Å². The van der Waals surface area contributed by atoms with Crippen molar-refractivity contribution in [2.75, 3.05) is 0 Å². The van der Waals surface area contributed by atoms with Crippen LogP contribution in [0, 0.1) is 5.92 Å². The number of aromatic nitrogens is 2. The molecule has 1 aliphatic carbocycles. The van der Waals surface area contributed by atoms with Crippen molar-refractivity contribution in [1.82, 2.24) is 10.2 Å². The Morgan fingerprint density at radius 2 is 1.55 bits per heavy atom. The fourth-order valence-corrected chi connectivity index (χ4v) is 5.68. The second-order valence-corrected chi connectivity index (χ2v) is 10.0. The van der Waals surface area contributed by atoms with Gasteiger partial charge in [0.25, 0.3) is 0 Å². The fourth-order valence-electron chi connectivity index (χ4n) is 4.68. The van der Waals surface area contributed by atoms with Gasteiger partial charge in [0.2, 0.25) is 0 Å². The van der Waals surface area contributed by atoms with Gasteiger partial charge in [0, 0.05) is 11.5 Å². The van der Waals surface area contributed by atoms with Crippen LogP contribution in [-0.2, 0) is 6.42 Å². The summed E-state index contributed by atoms with van der Waals surface area (Å²) in [5.74, 6) is 1.57. The van der Waals surface area contributed by atoms with E-state index in [0.717, 1.165) is 10.9 Å². The summed E-state index contributed by atoms with van der Waals surface area (Å²) in [5, 5.41) is 11.5. The normalized spacial score (nSPS) is 19.1. The lowest BCUT2D eigenvalue weighted by atomic mass is 9.98. The zero-order chi connectivity index (χ0) is 20.3. The van der Waals surface area contributed by atoms with Gasteiger partial charge >= 0.3 is 0 Å². The highest BCUT2D eigenvalue weighted by molar-refractivity contribution is 7.14. The first-order chi connectivity index (χ1) is 14.3. The van der Waals surface area contributed by atoms with Crippen LogP contribution in [0.1, 0.15) is 114 Å². The summed E-state index contributed by atoms with van der Waals surface area (Å²) in [4.78, 5) is 0. The summed E-state index contributed by atoms with van der Waals surface area (Å²) in [5.41, 5.74) is 2.69. The van der Waals surface area contributed by atoms with Crippen molar-refractivity contribution in [3.05, 3.63) is 34.8 Å². The van der Waals surface area contributed by atoms with Crippen LogP contribution in [0.5, 0.6) is 0 Å². The number of nitrogens with zero attached hydrogens (tertiary/aromatic N) is 2. The highest BCUT2D eigenvalue weighted by atomic mass is 32.1. The SMILES string of the molecule is CCCCCCCCc1ccc(-c2nnc(C3CCC(CCCCC)C3)s2)cc1. The lowest BCUT2D eigenvalue weighted by molar-refractivity contribution is 0.465. The Labute approximate surface area is 182 Å². The van der Waals surface area contributed by atoms with Crippen LogP contribution in [0.25, 0.3) is 10.6 Å². The van der Waals surface area contributed by atoms with Crippen LogP contribution in [0.2, 0.25) is 0 Å². The average molecular weight is 413 g/mol. The van der Waals surface area contributed by atoms with Gasteiger partial charge in [-0.1, -0.05) is 107 Å². The molecule has 1 aromatic carbocycles. The van der Waals surface area contributed by atoms with Crippen molar-refractivity contribution in [3.63, 3.8) is 0 Å². The highest BCUT2D eigenvalue weighted by Gasteiger charge is 2.28. The van der Waals surface area contributed by atoms with Crippen molar-refractivity contribution in [3.8, 4) is 10.6 Å². The van der Waals surface area contributed by atoms with Crippen molar-refractivity contribution >= 4 is 11.3 Å². The molecule has 0 saturated heterocycles. The van der Waals surface area contributed by atoms with E-state index in [1.807, 2.05) is 11.3 Å². The van der Waals surface area contributed by atoms with Gasteiger partial charge in [-0.05, 0) is 43.6 Å². The topological polar surface area (TPSA) is 25.8 Å². The van der Waals surface area contributed by atoms with E-state index in [2.05, 4.69) is 48.3 Å². The second-order valence-electron chi connectivity index (χ2n) is 9.03. The number of rotatable bonds is 13. The summed E-state index contributed by atoms with van der Waals surface area (Å²) in [6.07, 6.45) is 18.9. The number of aryl methyl sites for hydroxylation is 1. The quantitative estimate of drug-likeness (QED) is 0.308. The van der Waals surface area contributed by atoms with Crippen LogP contribution >= 0.6 is 11.3 Å². The van der Waals surface area contributed by atoms with Gasteiger partial charge in [-0.3, -0.25) is 0 Å². The largest absolute Gasteiger partial charge is 0.147 e. The molecule has 1 saturated carbocycles. The maximum Gasteiger partial charge on any atom is 0.147 e. The molecule has 1 fully saturated rings. The molecule has 2 nitrogen and oxygen atoms in total. The van der Waals surface area contributed by atoms with Crippen LogP contribution in [0.4, 0.5) is 0 Å². The molecule has 3 rings (SSSR count). The highest BCUT2D eigenvalue weighted by Crippen LogP contribution is 2.42. The zero-order valence-electron chi connectivity index (χ0n) is 18.7. The molecule has 2 aromatic rings. The lowest BCUT2D eigenvalue weighted by Gasteiger charge is -2.08. The predicted molar refractivity (Wildman–Crippen MR) is 127 cm³/mol. The maximum atomic E-state index is 4.58. The van der Waals surface area contributed by atoms with Crippen LogP contribution in [0.3, 0.4) is 0 Å². The van der Waals surface area contributed by atoms with Crippen molar-refractivity contribution < 1.29 is 0 Å². The van der Waals surface area contributed by atoms with Gasteiger partial charge < -0.3 is 0 Å². The number of hydrogen-bond donors (Lipinski definition) is 0. The predicted octanol–water partition coefficient (Wildman–Crippen LogP) is 8.57. The van der Waals surface area contributed by atoms with Gasteiger partial charge in [0.15, 0.2) is 0 Å². The van der Waals surface area contributed by atoms with Gasteiger partial charge in [0.1, 0.15) is 10.0 Å². The smallest absolute Gasteiger partial charge is 0.143 e. The third-order valence-electron chi connectivity index (χ3n) is 6.57. The Morgan fingerprint density at radius 1 is 0.828 bits per heavy atom. The molecule has 160 valence electrons. The molecule has 0 spiro atoms. The first-order valence-corrected chi connectivity index (χ1v) is 13.0. The Hall–Kier alpha value is -1.22. The van der Waals surface area contributed by atoms with Crippen LogP contribution < -0.4 is 0 Å². The molecule has 1 heterocycles. The van der Waals surface area contributed by atoms with Crippen LogP contribution in [-0.4, -0.2) is 10.2 Å². The molecule has 3 heteroatoms. The Bertz CT molecular complexity index is 691. The Morgan fingerprint density at radius 3 is 2.34 bits per heavy atom. The van der Waals surface area contributed by atoms with Crippen molar-refractivity contribution in [2.24, 2.45) is 5.92 Å². The van der Waals surface area contributed by atoms with Crippen LogP contribution in [0.15, 0.2) is 24.3 Å². The molecule has 2 unspecified atom stereocenters. The van der Waals surface area contributed by atoms with Gasteiger partial charge in [0.05, 0.1) is 0 Å². The Balaban J connectivity index is 1.45. The van der Waals surface area contributed by atoms with E-state index in [9.17, 15) is 0 Å². The molecule has 0 aliphatic heterocycles. The molecule has 2 atom stereocenters. The molecular formula is C26H40N2S. The minimum Gasteiger partial charge on any atom is -0.143 e. The summed E-state index contributed by atoms with van der Waals surface area (Å²) in [6.45, 7) is 4.57. The molecule has 0 radical (unpaired) electrons. The first-order valence-electron chi connectivity index (χ1n) is 12.2. The van der Waals surface area contributed by atoms with Crippen molar-refractivity contribution in [1.29, 1.82) is 0 Å². The average Bonchev–Trinajstić information content (AvgIpc) is 3.41. The molecule has 0 bridgehead atoms. The summed E-state index contributed by atoms with van der Waals surface area (Å²) in [6, 6.07) is 9.08. The van der Waals surface area contributed by atoms with E-state index in [1.54, 1.807) is 0 Å². The monoisotopic (exact) mass is 412 g/mol. The Kier molecular flexibility index (Phi) is 9.66. The third-order valence-corrected chi connectivity index (χ3v) is 7.70. The second kappa shape index (κ2) is 12.5. The number of unbranched alkanes of at least 4 members (excludes halogenated alkanes) is 7. The molecule has 29 heavy (non-hydrogen) atoms. The minimum absolute atomic E-state index is 0.653. The molecule has 0 amide bonds. The third kappa shape index (κ3) is 7.20. The van der Waals surface area contributed by atoms with E-state index in [1.165, 1.54) is 106 Å². The standard InChI is InChI=1S/C26H40N2S/c1-3-5-7-8-9-11-12-21-14-17-23(18-15-21)25-27-28-26(29-25)24-19-16-22(20-24)13-10-6-4-2/h14-15,17-18,22,24H,3-13,16,19-20H2,1-2H3. The van der Waals surface area contributed by atoms with Gasteiger partial charge in [-0.25, -0.2) is 0 Å². The molecule has 1 aromatic heterocycles. The van der Waals surface area contributed by atoms with E-state index >= 15 is 0 Å². The minimum atomic E-state index is 0.653. The molecular weight excluding hydrogens is 372 g/mol. The molecule has 1 aliphatic rings. The van der Waals surface area contributed by atoms with Gasteiger partial charge in [-0.2, -0.15) is 0 Å². The summed E-state index contributed by atoms with van der Waals surface area (Å²) >= 11 is 1.83.